The number of nitrogens with zero attached hydrogens (tertiary/aromatic N) is 2. The Bertz CT molecular complexity index is 983. The van der Waals surface area contributed by atoms with Crippen LogP contribution in [-0.4, -0.2) is 56.1 Å². The van der Waals surface area contributed by atoms with Gasteiger partial charge in [-0.25, -0.2) is 9.97 Å². The predicted molar refractivity (Wildman–Crippen MR) is 100 cm³/mol. The van der Waals surface area contributed by atoms with Crippen molar-refractivity contribution in [2.45, 2.75) is 0 Å². The second-order valence-electron chi connectivity index (χ2n) is 5.71. The lowest BCUT2D eigenvalue weighted by Crippen LogP contribution is -2.21. The average molecular weight is 385 g/mol. The summed E-state index contributed by atoms with van der Waals surface area (Å²) in [5.41, 5.74) is 0.632. The summed E-state index contributed by atoms with van der Waals surface area (Å²) in [5, 5.41) is 3.48. The second-order valence-corrected chi connectivity index (χ2v) is 5.71. The number of ketones is 2. The van der Waals surface area contributed by atoms with Gasteiger partial charge in [-0.2, -0.15) is 0 Å². The van der Waals surface area contributed by atoms with Crippen LogP contribution in [0.3, 0.4) is 0 Å². The molecule has 1 aliphatic rings. The molecule has 0 aliphatic heterocycles. The van der Waals surface area contributed by atoms with Crippen LogP contribution in [-0.2, 0) is 19.1 Å². The number of carbonyl (C=O) groups excluding carboxylic acids is 2. The minimum Gasteiger partial charge on any atom is -0.493 e. The smallest absolute Gasteiger partial charge is 0.243 e. The van der Waals surface area contributed by atoms with Crippen molar-refractivity contribution in [2.24, 2.45) is 0 Å². The Kier molecular flexibility index (Phi) is 5.85. The molecule has 28 heavy (non-hydrogen) atoms. The maximum absolute atomic E-state index is 12.4. The average Bonchev–Trinajstić information content (AvgIpc) is 2.70. The normalized spacial score (nSPS) is 13.8. The van der Waals surface area contributed by atoms with E-state index < -0.39 is 5.78 Å². The molecule has 2 aromatic rings. The summed E-state index contributed by atoms with van der Waals surface area (Å²) < 4.78 is 21.0. The lowest BCUT2D eigenvalue weighted by Gasteiger charge is -2.16. The van der Waals surface area contributed by atoms with Crippen molar-refractivity contribution in [3.05, 3.63) is 42.1 Å². The standard InChI is InChI=1S/C19H19N3O6/c1-25-4-5-28-16-9-13-12(8-15(16)26-2)19(21-10-20-13)22-14-6-11(23)7-17(27-3)18(14)24/h6-10H,4-5H2,1-3H3,(H,20,21,22). The number of hydrogen-bond donors (Lipinski definition) is 1. The van der Waals surface area contributed by atoms with E-state index in [4.69, 9.17) is 18.9 Å². The number of fused-ring (bicyclic) bond motifs is 1. The zero-order chi connectivity index (χ0) is 20.1. The first-order valence-corrected chi connectivity index (χ1v) is 8.35. The number of aromatic nitrogens is 2. The molecule has 1 N–H and O–H groups in total. The van der Waals surface area contributed by atoms with Crippen LogP contribution in [0.5, 0.6) is 11.5 Å². The Morgan fingerprint density at radius 1 is 0.964 bits per heavy atom. The third kappa shape index (κ3) is 3.94. The number of carbonyl (C=O) groups is 2. The third-order valence-corrected chi connectivity index (χ3v) is 3.97. The summed E-state index contributed by atoms with van der Waals surface area (Å²) in [5.74, 6) is 0.476. The van der Waals surface area contributed by atoms with Crippen LogP contribution in [0.4, 0.5) is 5.82 Å². The molecule has 1 heterocycles. The quantitative estimate of drug-likeness (QED) is 0.536. The molecule has 0 spiro atoms. The van der Waals surface area contributed by atoms with Gasteiger partial charge in [-0.3, -0.25) is 9.59 Å². The van der Waals surface area contributed by atoms with Gasteiger partial charge in [-0.15, -0.1) is 0 Å². The number of nitrogens with one attached hydrogen (secondary N) is 1. The monoisotopic (exact) mass is 385 g/mol. The second kappa shape index (κ2) is 8.49. The molecule has 1 aromatic heterocycles. The predicted octanol–water partition coefficient (Wildman–Crippen LogP) is 1.64. The number of benzene rings is 1. The van der Waals surface area contributed by atoms with Gasteiger partial charge < -0.3 is 24.3 Å². The Morgan fingerprint density at radius 2 is 1.79 bits per heavy atom. The molecule has 9 nitrogen and oxygen atoms in total. The number of hydrogen-bond acceptors (Lipinski definition) is 9. The third-order valence-electron chi connectivity index (χ3n) is 3.97. The molecule has 0 fully saturated rings. The molecule has 0 saturated heterocycles. The van der Waals surface area contributed by atoms with Crippen LogP contribution in [0.15, 0.2) is 42.1 Å². The molecule has 0 unspecified atom stereocenters. The molecule has 0 amide bonds. The summed E-state index contributed by atoms with van der Waals surface area (Å²) in [6, 6.07) is 3.40. The maximum atomic E-state index is 12.4. The van der Waals surface area contributed by atoms with Gasteiger partial charge >= 0.3 is 0 Å². The Balaban J connectivity index is 1.96. The topological polar surface area (TPSA) is 109 Å². The van der Waals surface area contributed by atoms with Crippen molar-refractivity contribution < 1.29 is 28.5 Å². The largest absolute Gasteiger partial charge is 0.493 e. The summed E-state index contributed by atoms with van der Waals surface area (Å²) >= 11 is 0. The minimum atomic E-state index is -0.444. The fourth-order valence-corrected chi connectivity index (χ4v) is 2.62. The number of ether oxygens (including phenoxy) is 4. The molecular formula is C19H19N3O6. The number of methoxy groups -OCH3 is 3. The van der Waals surface area contributed by atoms with Crippen molar-refractivity contribution in [2.75, 3.05) is 39.9 Å². The lowest BCUT2D eigenvalue weighted by molar-refractivity contribution is -0.117. The maximum Gasteiger partial charge on any atom is 0.243 e. The fourth-order valence-electron chi connectivity index (χ4n) is 2.62. The van der Waals surface area contributed by atoms with E-state index in [9.17, 15) is 9.59 Å². The van der Waals surface area contributed by atoms with Crippen LogP contribution in [0, 0.1) is 0 Å². The molecule has 3 rings (SSSR count). The van der Waals surface area contributed by atoms with E-state index in [0.29, 0.717) is 41.4 Å². The van der Waals surface area contributed by atoms with Gasteiger partial charge in [-0.05, 0) is 6.07 Å². The van der Waals surface area contributed by atoms with E-state index in [0.717, 1.165) is 6.08 Å². The molecular weight excluding hydrogens is 366 g/mol. The number of rotatable bonds is 8. The SMILES string of the molecule is COCCOc1cc2ncnc(NC3=CC(=O)C=C(OC)C3=O)c2cc1OC. The molecule has 0 atom stereocenters. The first-order valence-electron chi connectivity index (χ1n) is 8.35. The van der Waals surface area contributed by atoms with E-state index in [2.05, 4.69) is 15.3 Å². The Hall–Kier alpha value is -3.46. The van der Waals surface area contributed by atoms with Crippen molar-refractivity contribution >= 4 is 28.3 Å². The lowest BCUT2D eigenvalue weighted by atomic mass is 10.1. The summed E-state index contributed by atoms with van der Waals surface area (Å²) in [4.78, 5) is 32.6. The van der Waals surface area contributed by atoms with Crippen LogP contribution in [0.25, 0.3) is 10.9 Å². The number of anilines is 1. The highest BCUT2D eigenvalue weighted by molar-refractivity contribution is 6.20. The first-order chi connectivity index (χ1) is 13.6. The molecule has 1 aliphatic carbocycles. The number of allylic oxidation sites excluding steroid dienone is 2. The van der Waals surface area contributed by atoms with Gasteiger partial charge in [0.1, 0.15) is 18.8 Å². The molecule has 0 radical (unpaired) electrons. The van der Waals surface area contributed by atoms with Crippen LogP contribution >= 0.6 is 0 Å². The Labute approximate surface area is 161 Å². The highest BCUT2D eigenvalue weighted by Crippen LogP contribution is 2.34. The summed E-state index contributed by atoms with van der Waals surface area (Å²) in [6.45, 7) is 0.779. The van der Waals surface area contributed by atoms with Crippen LogP contribution in [0.2, 0.25) is 0 Å². The Morgan fingerprint density at radius 3 is 2.50 bits per heavy atom. The zero-order valence-corrected chi connectivity index (χ0v) is 15.6. The number of Topliss-reactive ketones (excluding diaryl/α,β-unsaturated/α-hetero) is 1. The zero-order valence-electron chi connectivity index (χ0n) is 15.6. The van der Waals surface area contributed by atoms with E-state index in [1.54, 1.807) is 19.2 Å². The first kappa shape index (κ1) is 19.3. The highest BCUT2D eigenvalue weighted by Gasteiger charge is 2.24. The molecule has 0 bridgehead atoms. The molecule has 1 aromatic carbocycles. The van der Waals surface area contributed by atoms with Gasteiger partial charge in [0.15, 0.2) is 23.0 Å². The van der Waals surface area contributed by atoms with Crippen molar-refractivity contribution in [1.29, 1.82) is 0 Å². The van der Waals surface area contributed by atoms with E-state index in [1.165, 1.54) is 26.6 Å². The van der Waals surface area contributed by atoms with Gasteiger partial charge in [0.2, 0.25) is 5.78 Å². The molecule has 146 valence electrons. The van der Waals surface area contributed by atoms with Gasteiger partial charge in [0.05, 0.1) is 32.0 Å². The van der Waals surface area contributed by atoms with Gasteiger partial charge in [0, 0.05) is 30.7 Å². The summed E-state index contributed by atoms with van der Waals surface area (Å²) in [7, 11) is 4.43. The minimum absolute atomic E-state index is 0.0419. The molecule has 9 heteroatoms. The van der Waals surface area contributed by atoms with Crippen LogP contribution < -0.4 is 14.8 Å². The van der Waals surface area contributed by atoms with Gasteiger partial charge in [0.25, 0.3) is 0 Å². The van der Waals surface area contributed by atoms with Gasteiger partial charge in [-0.1, -0.05) is 0 Å². The highest BCUT2D eigenvalue weighted by atomic mass is 16.5. The van der Waals surface area contributed by atoms with E-state index in [1.807, 2.05) is 0 Å². The van der Waals surface area contributed by atoms with Crippen molar-refractivity contribution in [3.63, 3.8) is 0 Å². The van der Waals surface area contributed by atoms with E-state index in [-0.39, 0.29) is 17.2 Å². The van der Waals surface area contributed by atoms with Crippen LogP contribution in [0.1, 0.15) is 0 Å². The summed E-state index contributed by atoms with van der Waals surface area (Å²) in [6.07, 6.45) is 3.68. The van der Waals surface area contributed by atoms with E-state index >= 15 is 0 Å². The molecule has 0 saturated carbocycles. The van der Waals surface area contributed by atoms with Crippen molar-refractivity contribution in [3.8, 4) is 11.5 Å². The van der Waals surface area contributed by atoms with Crippen molar-refractivity contribution in [1.82, 2.24) is 9.97 Å². The fraction of sp³-hybridized carbons (Fsp3) is 0.263.